The Morgan fingerprint density at radius 2 is 0.975 bits per heavy atom. The van der Waals surface area contributed by atoms with E-state index in [2.05, 4.69) is 152 Å². The van der Waals surface area contributed by atoms with Crippen LogP contribution in [0.2, 0.25) is 0 Å². The number of benzene rings is 5. The van der Waals surface area contributed by atoms with E-state index < -0.39 is 0 Å². The van der Waals surface area contributed by atoms with E-state index in [-0.39, 0.29) is 0 Å². The fraction of sp³-hybridized carbons (Fsp3) is 0.0789. The van der Waals surface area contributed by atoms with Gasteiger partial charge < -0.3 is 4.90 Å². The third-order valence-corrected chi connectivity index (χ3v) is 7.65. The van der Waals surface area contributed by atoms with Gasteiger partial charge in [0.2, 0.25) is 0 Å². The first-order valence-corrected chi connectivity index (χ1v) is 13.7. The third kappa shape index (κ3) is 4.92. The summed E-state index contributed by atoms with van der Waals surface area (Å²) in [6, 6.07) is 47.5. The molecule has 0 radical (unpaired) electrons. The number of rotatable bonds is 6. The van der Waals surface area contributed by atoms with Crippen molar-refractivity contribution in [2.75, 3.05) is 11.9 Å². The van der Waals surface area contributed by atoms with Crippen molar-refractivity contribution < 1.29 is 0 Å². The van der Waals surface area contributed by atoms with Crippen LogP contribution in [-0.4, -0.2) is 12.0 Å². The fourth-order valence-corrected chi connectivity index (χ4v) is 5.47. The normalized spacial score (nSPS) is 10.9. The van der Waals surface area contributed by atoms with Gasteiger partial charge in [0.15, 0.2) is 0 Å². The van der Waals surface area contributed by atoms with Crippen LogP contribution in [0.1, 0.15) is 11.1 Å². The third-order valence-electron chi connectivity index (χ3n) is 7.65. The van der Waals surface area contributed by atoms with Crippen LogP contribution in [0, 0.1) is 13.8 Å². The lowest BCUT2D eigenvalue weighted by Crippen LogP contribution is -2.12. The highest BCUT2D eigenvalue weighted by atomic mass is 15.1. The van der Waals surface area contributed by atoms with Crippen LogP contribution in [-0.2, 0) is 0 Å². The minimum absolute atomic E-state index is 0.972. The van der Waals surface area contributed by atoms with Crippen LogP contribution in [0.3, 0.4) is 0 Å². The molecule has 2 nitrogen and oxygen atoms in total. The summed E-state index contributed by atoms with van der Waals surface area (Å²) >= 11 is 0. The van der Waals surface area contributed by atoms with Gasteiger partial charge in [0.05, 0.1) is 5.69 Å². The summed E-state index contributed by atoms with van der Waals surface area (Å²) in [6.45, 7) is 4.37. The summed E-state index contributed by atoms with van der Waals surface area (Å²) < 4.78 is 0. The Kier molecular flexibility index (Phi) is 6.99. The molecule has 1 aromatic heterocycles. The molecular weight excluding hydrogens is 484 g/mol. The van der Waals surface area contributed by atoms with Crippen molar-refractivity contribution in [3.8, 4) is 44.6 Å². The summed E-state index contributed by atoms with van der Waals surface area (Å²) in [6.07, 6.45) is 1.85. The van der Waals surface area contributed by atoms with Crippen molar-refractivity contribution in [2.45, 2.75) is 13.8 Å². The van der Waals surface area contributed by atoms with Crippen LogP contribution in [0.5, 0.6) is 0 Å². The number of hydrogen-bond acceptors (Lipinski definition) is 2. The van der Waals surface area contributed by atoms with E-state index in [0.29, 0.717) is 0 Å². The second kappa shape index (κ2) is 11.0. The molecule has 0 spiro atoms. The molecule has 1 heterocycles. The van der Waals surface area contributed by atoms with Crippen LogP contribution >= 0.6 is 0 Å². The summed E-state index contributed by atoms with van der Waals surface area (Å²) in [4.78, 5) is 6.96. The molecule has 0 aliphatic heterocycles. The molecule has 6 aromatic rings. The highest BCUT2D eigenvalue weighted by Crippen LogP contribution is 2.43. The van der Waals surface area contributed by atoms with E-state index in [1.54, 1.807) is 0 Å². The first kappa shape index (κ1) is 25.3. The smallest absolute Gasteiger partial charge is 0.0702 e. The SMILES string of the molecule is Cc1ccccc1-c1cc(-c2ccccc2)ccc1N(C)c1ccc(-c2ccccn2)cc1-c1ccccc1C. The second-order valence-corrected chi connectivity index (χ2v) is 10.2. The van der Waals surface area contributed by atoms with Gasteiger partial charge in [0.25, 0.3) is 0 Å². The number of pyridine rings is 1. The topological polar surface area (TPSA) is 16.1 Å². The molecule has 0 fully saturated rings. The highest BCUT2D eigenvalue weighted by molar-refractivity contribution is 5.92. The first-order chi connectivity index (χ1) is 19.6. The van der Waals surface area contributed by atoms with E-state index in [1.165, 1.54) is 44.5 Å². The van der Waals surface area contributed by atoms with Gasteiger partial charge in [-0.1, -0.05) is 97.1 Å². The molecule has 0 aliphatic rings. The molecule has 5 aromatic carbocycles. The quantitative estimate of drug-likeness (QED) is 0.219. The van der Waals surface area contributed by atoms with Crippen LogP contribution in [0.25, 0.3) is 44.6 Å². The molecule has 6 rings (SSSR count). The Morgan fingerprint density at radius 3 is 1.55 bits per heavy atom. The summed E-state index contributed by atoms with van der Waals surface area (Å²) in [5.74, 6) is 0. The maximum absolute atomic E-state index is 4.63. The summed E-state index contributed by atoms with van der Waals surface area (Å²) in [5.41, 5.74) is 14.2. The largest absolute Gasteiger partial charge is 0.344 e. The van der Waals surface area contributed by atoms with Gasteiger partial charge in [0.1, 0.15) is 0 Å². The lowest BCUT2D eigenvalue weighted by Gasteiger charge is -2.27. The molecule has 0 unspecified atom stereocenters. The molecule has 0 aliphatic carbocycles. The zero-order valence-corrected chi connectivity index (χ0v) is 23.2. The molecule has 40 heavy (non-hydrogen) atoms. The zero-order valence-electron chi connectivity index (χ0n) is 23.2. The molecule has 0 bridgehead atoms. The van der Waals surface area contributed by atoms with Crippen molar-refractivity contribution >= 4 is 11.4 Å². The van der Waals surface area contributed by atoms with Gasteiger partial charge >= 0.3 is 0 Å². The predicted octanol–water partition coefficient (Wildman–Crippen LogP) is 10.1. The standard InChI is InChI=1S/C38H32N2/c1-27-13-7-9-17-32(27)34-25-30(29-15-5-4-6-16-29)20-22-37(34)40(3)38-23-21-31(36-19-11-12-24-39-36)26-35(38)33-18-10-8-14-28(33)2/h4-26H,1-3H3. The van der Waals surface area contributed by atoms with Crippen LogP contribution in [0.4, 0.5) is 11.4 Å². The Balaban J connectivity index is 1.55. The number of aromatic nitrogens is 1. The fourth-order valence-electron chi connectivity index (χ4n) is 5.47. The number of nitrogens with zero attached hydrogens (tertiary/aromatic N) is 2. The second-order valence-electron chi connectivity index (χ2n) is 10.2. The zero-order chi connectivity index (χ0) is 27.5. The van der Waals surface area contributed by atoms with Crippen molar-refractivity contribution in [1.82, 2.24) is 4.98 Å². The average Bonchev–Trinajstić information content (AvgIpc) is 3.01. The molecule has 0 amide bonds. The maximum Gasteiger partial charge on any atom is 0.0702 e. The molecule has 0 atom stereocenters. The number of aryl methyl sites for hydroxylation is 2. The lowest BCUT2D eigenvalue weighted by atomic mass is 9.92. The monoisotopic (exact) mass is 516 g/mol. The summed E-state index contributed by atoms with van der Waals surface area (Å²) in [5, 5.41) is 0. The molecular formula is C38H32N2. The van der Waals surface area contributed by atoms with Gasteiger partial charge in [-0.3, -0.25) is 4.98 Å². The van der Waals surface area contributed by atoms with Crippen LogP contribution in [0.15, 0.2) is 140 Å². The van der Waals surface area contributed by atoms with E-state index in [9.17, 15) is 0 Å². The number of anilines is 2. The Hall–Kier alpha value is -4.95. The summed E-state index contributed by atoms with van der Waals surface area (Å²) in [7, 11) is 2.18. The maximum atomic E-state index is 4.63. The highest BCUT2D eigenvalue weighted by Gasteiger charge is 2.19. The van der Waals surface area contributed by atoms with E-state index in [1.807, 2.05) is 18.3 Å². The van der Waals surface area contributed by atoms with Gasteiger partial charge in [-0.25, -0.2) is 0 Å². The predicted molar refractivity (Wildman–Crippen MR) is 170 cm³/mol. The van der Waals surface area contributed by atoms with Gasteiger partial charge in [0, 0.05) is 41.3 Å². The lowest BCUT2D eigenvalue weighted by molar-refractivity contribution is 1.21. The minimum Gasteiger partial charge on any atom is -0.344 e. The van der Waals surface area contributed by atoms with Gasteiger partial charge in [-0.05, 0) is 83.6 Å². The van der Waals surface area contributed by atoms with Crippen LogP contribution < -0.4 is 4.90 Å². The van der Waals surface area contributed by atoms with Gasteiger partial charge in [-0.2, -0.15) is 0 Å². The average molecular weight is 517 g/mol. The molecule has 0 saturated carbocycles. The number of hydrogen-bond donors (Lipinski definition) is 0. The van der Waals surface area contributed by atoms with Crippen molar-refractivity contribution in [3.05, 3.63) is 151 Å². The molecule has 2 heteroatoms. The van der Waals surface area contributed by atoms with E-state index in [4.69, 9.17) is 0 Å². The van der Waals surface area contributed by atoms with Crippen molar-refractivity contribution in [2.24, 2.45) is 0 Å². The van der Waals surface area contributed by atoms with E-state index >= 15 is 0 Å². The van der Waals surface area contributed by atoms with Crippen molar-refractivity contribution in [1.29, 1.82) is 0 Å². The van der Waals surface area contributed by atoms with Gasteiger partial charge in [-0.15, -0.1) is 0 Å². The Labute approximate surface area is 237 Å². The van der Waals surface area contributed by atoms with E-state index in [0.717, 1.165) is 22.6 Å². The van der Waals surface area contributed by atoms with Crippen molar-refractivity contribution in [3.63, 3.8) is 0 Å². The molecule has 194 valence electrons. The Bertz CT molecular complexity index is 1640. The first-order valence-electron chi connectivity index (χ1n) is 13.7. The molecule has 0 saturated heterocycles. The molecule has 0 N–H and O–H groups in total. The minimum atomic E-state index is 0.972. The Morgan fingerprint density at radius 1 is 0.450 bits per heavy atom.